The molecule has 0 N–H and O–H groups in total. The topological polar surface area (TPSA) is 6.25 Å². The van der Waals surface area contributed by atoms with Gasteiger partial charge >= 0.3 is 0 Å². The Hall–Kier alpha value is -0.370. The number of unbranched alkanes of at least 4 members (excludes halogenated alkanes) is 1. The molecule has 0 bridgehead atoms. The molecule has 58 valence electrons. The van der Waals surface area contributed by atoms with Crippen molar-refractivity contribution in [3.05, 3.63) is 0 Å². The first-order valence-corrected chi connectivity index (χ1v) is 4.10. The van der Waals surface area contributed by atoms with E-state index in [9.17, 15) is 0 Å². The van der Waals surface area contributed by atoms with E-state index in [1.807, 2.05) is 0 Å². The molecule has 2 nitrogen and oxygen atoms in total. The van der Waals surface area contributed by atoms with Crippen molar-refractivity contribution in [1.29, 1.82) is 0 Å². The van der Waals surface area contributed by atoms with E-state index in [1.54, 1.807) is 0 Å². The van der Waals surface area contributed by atoms with Crippen LogP contribution in [-0.4, -0.2) is 42.5 Å². The minimum Gasteiger partial charge on any atom is -0.242 e. The van der Waals surface area contributed by atoms with E-state index in [2.05, 4.69) is 23.1 Å². The van der Waals surface area contributed by atoms with Crippen molar-refractivity contribution in [2.75, 3.05) is 26.3 Å². The van der Waals surface area contributed by atoms with Crippen LogP contribution in [0.3, 0.4) is 0 Å². The summed E-state index contributed by atoms with van der Waals surface area (Å²) in [5.74, 6) is 0. The predicted octanol–water partition coefficient (Wildman–Crippen LogP) is 0.773. The van der Waals surface area contributed by atoms with Crippen LogP contribution in [0.4, 0.5) is 0 Å². The van der Waals surface area contributed by atoms with Gasteiger partial charge in [-0.1, -0.05) is 13.3 Å². The average Bonchev–Trinajstić information content (AvgIpc) is 2.31. The van der Waals surface area contributed by atoms with Crippen molar-refractivity contribution in [3.8, 4) is 0 Å². The quantitative estimate of drug-likeness (QED) is 0.526. The molecule has 0 unspecified atom stereocenters. The molecule has 10 heavy (non-hydrogen) atoms. The van der Waals surface area contributed by atoms with Crippen LogP contribution in [0.25, 0.3) is 0 Å². The van der Waals surface area contributed by atoms with Crippen LogP contribution in [0.2, 0.25) is 0 Å². The fourth-order valence-corrected chi connectivity index (χ4v) is 1.27. The highest BCUT2D eigenvalue weighted by Crippen LogP contribution is 1.99. The fourth-order valence-electron chi connectivity index (χ4n) is 1.27. The zero-order chi connectivity index (χ0) is 7.40. The molecule has 2 heteroatoms. The third-order valence-electron chi connectivity index (χ3n) is 1.96. The molecular formula is C8H17N2+. The van der Waals surface area contributed by atoms with Gasteiger partial charge in [-0.2, -0.15) is 0 Å². The van der Waals surface area contributed by atoms with E-state index >= 15 is 0 Å². The van der Waals surface area contributed by atoms with Gasteiger partial charge in [0.15, 0.2) is 13.2 Å². The van der Waals surface area contributed by atoms with Crippen LogP contribution in [-0.2, 0) is 0 Å². The normalized spacial score (nSPS) is 20.3. The smallest absolute Gasteiger partial charge is 0.198 e. The monoisotopic (exact) mass is 141 g/mol. The highest BCUT2D eigenvalue weighted by atomic mass is 15.3. The van der Waals surface area contributed by atoms with Crippen LogP contribution < -0.4 is 0 Å². The standard InChI is InChI=1S/C8H17N2/c1-3-4-5-10-7-6-9(2)8-10/h2-8H2,1H3/q+1. The summed E-state index contributed by atoms with van der Waals surface area (Å²) in [5.41, 5.74) is 0. The SMILES string of the molecule is C=[N+]1CCN(CCCC)C1. The second kappa shape index (κ2) is 3.71. The van der Waals surface area contributed by atoms with Crippen LogP contribution in [0, 0.1) is 0 Å². The molecular weight excluding hydrogens is 124 g/mol. The van der Waals surface area contributed by atoms with Gasteiger partial charge in [-0.3, -0.25) is 0 Å². The summed E-state index contributed by atoms with van der Waals surface area (Å²) < 4.78 is 2.12. The summed E-state index contributed by atoms with van der Waals surface area (Å²) in [7, 11) is 0. The zero-order valence-electron chi connectivity index (χ0n) is 6.84. The minimum atomic E-state index is 1.07. The van der Waals surface area contributed by atoms with E-state index in [4.69, 9.17) is 0 Å². The summed E-state index contributed by atoms with van der Waals surface area (Å²) in [6, 6.07) is 0. The Balaban J connectivity index is 2.12. The molecule has 1 heterocycles. The Bertz CT molecular complexity index is 120. The molecule has 1 rings (SSSR count). The van der Waals surface area contributed by atoms with E-state index in [0.29, 0.717) is 0 Å². The lowest BCUT2D eigenvalue weighted by Gasteiger charge is -2.07. The third kappa shape index (κ3) is 2.10. The highest BCUT2D eigenvalue weighted by Gasteiger charge is 2.18. The Morgan fingerprint density at radius 1 is 1.60 bits per heavy atom. The molecule has 1 aliphatic heterocycles. The van der Waals surface area contributed by atoms with Crippen LogP contribution in [0.5, 0.6) is 0 Å². The molecule has 0 aromatic carbocycles. The number of hydrogen-bond acceptors (Lipinski definition) is 1. The summed E-state index contributed by atoms with van der Waals surface area (Å²) in [4.78, 5) is 2.45. The molecule has 1 fully saturated rings. The maximum absolute atomic E-state index is 3.89. The lowest BCUT2D eigenvalue weighted by atomic mass is 10.3. The molecule has 0 radical (unpaired) electrons. The van der Waals surface area contributed by atoms with Crippen LogP contribution >= 0.6 is 0 Å². The maximum atomic E-state index is 3.89. The van der Waals surface area contributed by atoms with Crippen LogP contribution in [0.1, 0.15) is 19.8 Å². The highest BCUT2D eigenvalue weighted by molar-refractivity contribution is 5.14. The summed E-state index contributed by atoms with van der Waals surface area (Å²) in [6.07, 6.45) is 2.63. The van der Waals surface area contributed by atoms with E-state index < -0.39 is 0 Å². The lowest BCUT2D eigenvalue weighted by Crippen LogP contribution is -2.22. The number of rotatable bonds is 3. The summed E-state index contributed by atoms with van der Waals surface area (Å²) >= 11 is 0. The van der Waals surface area contributed by atoms with Crippen molar-refractivity contribution in [1.82, 2.24) is 4.90 Å². The first-order valence-electron chi connectivity index (χ1n) is 4.10. The van der Waals surface area contributed by atoms with Gasteiger partial charge < -0.3 is 0 Å². The van der Waals surface area contributed by atoms with E-state index in [-0.39, 0.29) is 0 Å². The van der Waals surface area contributed by atoms with Crippen LogP contribution in [0.15, 0.2) is 0 Å². The lowest BCUT2D eigenvalue weighted by molar-refractivity contribution is -0.506. The molecule has 0 aliphatic carbocycles. The molecule has 0 saturated carbocycles. The van der Waals surface area contributed by atoms with E-state index in [1.165, 1.54) is 25.9 Å². The van der Waals surface area contributed by atoms with Gasteiger partial charge in [0.1, 0.15) is 6.72 Å². The minimum absolute atomic E-state index is 1.07. The predicted molar refractivity (Wildman–Crippen MR) is 43.6 cm³/mol. The summed E-state index contributed by atoms with van der Waals surface area (Å²) in [6.45, 7) is 10.8. The Kier molecular flexibility index (Phi) is 2.87. The number of hydrogen-bond donors (Lipinski definition) is 0. The van der Waals surface area contributed by atoms with Gasteiger partial charge in [-0.05, 0) is 6.42 Å². The molecule has 0 aromatic heterocycles. The molecule has 1 saturated heterocycles. The first-order chi connectivity index (χ1) is 4.83. The molecule has 0 amide bonds. The second-order valence-corrected chi connectivity index (χ2v) is 3.01. The third-order valence-corrected chi connectivity index (χ3v) is 1.96. The fraction of sp³-hybridized carbons (Fsp3) is 0.875. The van der Waals surface area contributed by atoms with E-state index in [0.717, 1.165) is 13.2 Å². The second-order valence-electron chi connectivity index (χ2n) is 3.01. The van der Waals surface area contributed by atoms with Gasteiger partial charge in [-0.25, -0.2) is 9.48 Å². The Labute approximate surface area is 63.2 Å². The van der Waals surface area contributed by atoms with Crippen molar-refractivity contribution in [3.63, 3.8) is 0 Å². The largest absolute Gasteiger partial charge is 0.242 e. The Morgan fingerprint density at radius 2 is 2.40 bits per heavy atom. The summed E-state index contributed by atoms with van der Waals surface area (Å²) in [5, 5.41) is 0. The average molecular weight is 141 g/mol. The first kappa shape index (κ1) is 7.73. The van der Waals surface area contributed by atoms with Gasteiger partial charge in [0.2, 0.25) is 0 Å². The van der Waals surface area contributed by atoms with Gasteiger partial charge in [0, 0.05) is 6.54 Å². The molecule has 1 aliphatic rings. The molecule has 0 aromatic rings. The Morgan fingerprint density at radius 3 is 2.90 bits per heavy atom. The zero-order valence-corrected chi connectivity index (χ0v) is 6.84. The maximum Gasteiger partial charge on any atom is 0.198 e. The molecule has 0 spiro atoms. The van der Waals surface area contributed by atoms with Crippen molar-refractivity contribution in [2.24, 2.45) is 0 Å². The van der Waals surface area contributed by atoms with Crippen molar-refractivity contribution >= 4 is 6.72 Å². The van der Waals surface area contributed by atoms with Gasteiger partial charge in [0.05, 0.1) is 6.54 Å². The van der Waals surface area contributed by atoms with Gasteiger partial charge in [-0.15, -0.1) is 0 Å². The van der Waals surface area contributed by atoms with Gasteiger partial charge in [0.25, 0.3) is 0 Å². The number of nitrogens with zero attached hydrogens (tertiary/aromatic N) is 2. The van der Waals surface area contributed by atoms with Crippen molar-refractivity contribution < 1.29 is 4.58 Å². The molecule has 0 atom stereocenters. The van der Waals surface area contributed by atoms with Crippen molar-refractivity contribution in [2.45, 2.75) is 19.8 Å².